The van der Waals surface area contributed by atoms with Gasteiger partial charge >= 0.3 is 6.09 Å². The predicted octanol–water partition coefficient (Wildman–Crippen LogP) is 4.42. The molecule has 1 fully saturated rings. The van der Waals surface area contributed by atoms with E-state index in [1.165, 1.54) is 25.7 Å². The Morgan fingerprint density at radius 2 is 2.00 bits per heavy atom. The fourth-order valence-corrected chi connectivity index (χ4v) is 2.71. The molecule has 2 atom stereocenters. The van der Waals surface area contributed by atoms with Crippen molar-refractivity contribution in [2.24, 2.45) is 5.92 Å². The van der Waals surface area contributed by atoms with Crippen LogP contribution in [0.3, 0.4) is 0 Å². The number of hydrogen-bond acceptors (Lipinski definition) is 4. The van der Waals surface area contributed by atoms with Gasteiger partial charge in [0.25, 0.3) is 0 Å². The molecule has 0 saturated heterocycles. The van der Waals surface area contributed by atoms with Gasteiger partial charge in [0.05, 0.1) is 11.9 Å². The molecule has 2 rings (SSSR count). The van der Waals surface area contributed by atoms with Crippen LogP contribution in [0.1, 0.15) is 53.4 Å². The average Bonchev–Trinajstić information content (AvgIpc) is 2.41. The van der Waals surface area contributed by atoms with Crippen molar-refractivity contribution in [3.05, 3.63) is 18.3 Å². The minimum absolute atomic E-state index is 0.485. The van der Waals surface area contributed by atoms with E-state index in [-0.39, 0.29) is 0 Å². The van der Waals surface area contributed by atoms with Gasteiger partial charge in [-0.05, 0) is 51.7 Å². The molecule has 1 amide bonds. The zero-order chi connectivity index (χ0) is 16.2. The third-order valence-electron chi connectivity index (χ3n) is 3.86. The van der Waals surface area contributed by atoms with Crippen LogP contribution in [-0.2, 0) is 4.74 Å². The maximum Gasteiger partial charge on any atom is 0.413 e. The normalized spacial score (nSPS) is 22.0. The molecule has 22 heavy (non-hydrogen) atoms. The number of amides is 1. The molecule has 5 heteroatoms. The van der Waals surface area contributed by atoms with Gasteiger partial charge < -0.3 is 10.1 Å². The van der Waals surface area contributed by atoms with Crippen molar-refractivity contribution >= 4 is 17.6 Å². The number of ether oxygens (including phenoxy) is 1. The molecule has 5 nitrogen and oxygen atoms in total. The number of aromatic nitrogens is 1. The molecule has 1 aliphatic rings. The van der Waals surface area contributed by atoms with E-state index in [0.29, 0.717) is 17.8 Å². The summed E-state index contributed by atoms with van der Waals surface area (Å²) >= 11 is 0. The summed E-state index contributed by atoms with van der Waals surface area (Å²) in [6.45, 7) is 7.79. The van der Waals surface area contributed by atoms with E-state index < -0.39 is 11.7 Å². The summed E-state index contributed by atoms with van der Waals surface area (Å²) in [5.41, 5.74) is 0.483. The lowest BCUT2D eigenvalue weighted by atomic mass is 9.86. The van der Waals surface area contributed by atoms with Gasteiger partial charge in [-0.25, -0.2) is 9.78 Å². The molecule has 1 aromatic rings. The Balaban J connectivity index is 1.88. The van der Waals surface area contributed by atoms with Crippen molar-refractivity contribution in [1.29, 1.82) is 0 Å². The van der Waals surface area contributed by atoms with Crippen LogP contribution in [0.15, 0.2) is 18.3 Å². The molecule has 1 aromatic heterocycles. The first-order chi connectivity index (χ1) is 10.3. The van der Waals surface area contributed by atoms with Crippen LogP contribution in [0.4, 0.5) is 16.3 Å². The molecule has 2 N–H and O–H groups in total. The fourth-order valence-electron chi connectivity index (χ4n) is 2.71. The van der Waals surface area contributed by atoms with E-state index >= 15 is 0 Å². The van der Waals surface area contributed by atoms with Crippen LogP contribution >= 0.6 is 0 Å². The minimum Gasteiger partial charge on any atom is -0.444 e. The van der Waals surface area contributed by atoms with Crippen LogP contribution in [0.5, 0.6) is 0 Å². The van der Waals surface area contributed by atoms with Gasteiger partial charge in [0, 0.05) is 6.04 Å². The zero-order valence-electron chi connectivity index (χ0n) is 14.0. The molecule has 2 unspecified atom stereocenters. The molecule has 1 aliphatic carbocycles. The average molecular weight is 305 g/mol. The van der Waals surface area contributed by atoms with Gasteiger partial charge in [0.2, 0.25) is 0 Å². The SMILES string of the molecule is CC1CCCCC1Nc1ccc(NC(=O)OC(C)(C)C)nc1. The van der Waals surface area contributed by atoms with Crippen LogP contribution in [0.25, 0.3) is 0 Å². The number of anilines is 2. The van der Waals surface area contributed by atoms with Gasteiger partial charge in [-0.1, -0.05) is 19.8 Å². The molecule has 0 aromatic carbocycles. The van der Waals surface area contributed by atoms with E-state index in [0.717, 1.165) is 5.69 Å². The lowest BCUT2D eigenvalue weighted by Crippen LogP contribution is -2.30. The van der Waals surface area contributed by atoms with E-state index in [1.807, 2.05) is 26.8 Å². The third-order valence-corrected chi connectivity index (χ3v) is 3.86. The van der Waals surface area contributed by atoms with Gasteiger partial charge in [-0.3, -0.25) is 5.32 Å². The van der Waals surface area contributed by atoms with E-state index in [9.17, 15) is 4.79 Å². The van der Waals surface area contributed by atoms with Crippen LogP contribution in [0.2, 0.25) is 0 Å². The van der Waals surface area contributed by atoms with Crippen molar-refractivity contribution in [2.45, 2.75) is 65.0 Å². The first-order valence-corrected chi connectivity index (χ1v) is 8.06. The highest BCUT2D eigenvalue weighted by Crippen LogP contribution is 2.26. The molecule has 0 radical (unpaired) electrons. The highest BCUT2D eigenvalue weighted by Gasteiger charge is 2.21. The second-order valence-electron chi connectivity index (χ2n) is 7.07. The summed E-state index contributed by atoms with van der Waals surface area (Å²) < 4.78 is 5.20. The largest absolute Gasteiger partial charge is 0.444 e. The second-order valence-corrected chi connectivity index (χ2v) is 7.07. The lowest BCUT2D eigenvalue weighted by molar-refractivity contribution is 0.0635. The maximum atomic E-state index is 11.7. The zero-order valence-corrected chi connectivity index (χ0v) is 14.0. The second kappa shape index (κ2) is 6.99. The lowest BCUT2D eigenvalue weighted by Gasteiger charge is -2.30. The summed E-state index contributed by atoms with van der Waals surface area (Å²) in [7, 11) is 0. The quantitative estimate of drug-likeness (QED) is 0.867. The highest BCUT2D eigenvalue weighted by atomic mass is 16.6. The number of nitrogens with zero attached hydrogens (tertiary/aromatic N) is 1. The standard InChI is InChI=1S/C17H27N3O2/c1-12-7-5-6-8-14(12)19-13-9-10-15(18-11-13)20-16(21)22-17(2,3)4/h9-12,14,19H,5-8H2,1-4H3,(H,18,20,21). The smallest absolute Gasteiger partial charge is 0.413 e. The number of nitrogens with one attached hydrogen (secondary N) is 2. The number of carbonyl (C=O) groups is 1. The number of hydrogen-bond donors (Lipinski definition) is 2. The van der Waals surface area contributed by atoms with Crippen molar-refractivity contribution in [3.8, 4) is 0 Å². The van der Waals surface area contributed by atoms with Crippen LogP contribution in [-0.4, -0.2) is 22.7 Å². The highest BCUT2D eigenvalue weighted by molar-refractivity contribution is 5.83. The summed E-state index contributed by atoms with van der Waals surface area (Å²) in [5.74, 6) is 1.19. The summed E-state index contributed by atoms with van der Waals surface area (Å²) in [5, 5.41) is 6.18. The Hall–Kier alpha value is -1.78. The Labute approximate surface area is 132 Å². The van der Waals surface area contributed by atoms with Gasteiger partial charge in [-0.15, -0.1) is 0 Å². The number of rotatable bonds is 3. The molecular formula is C17H27N3O2. The summed E-state index contributed by atoms with van der Waals surface area (Å²) in [4.78, 5) is 15.9. The summed E-state index contributed by atoms with van der Waals surface area (Å²) in [6, 6.07) is 4.25. The first kappa shape index (κ1) is 16.6. The molecule has 0 aliphatic heterocycles. The Morgan fingerprint density at radius 1 is 1.27 bits per heavy atom. The van der Waals surface area contributed by atoms with Crippen molar-refractivity contribution in [1.82, 2.24) is 4.98 Å². The van der Waals surface area contributed by atoms with E-state index in [4.69, 9.17) is 4.74 Å². The molecule has 1 saturated carbocycles. The topological polar surface area (TPSA) is 63.2 Å². The van der Waals surface area contributed by atoms with Crippen LogP contribution in [0, 0.1) is 5.92 Å². The van der Waals surface area contributed by atoms with Crippen molar-refractivity contribution in [2.75, 3.05) is 10.6 Å². The van der Waals surface area contributed by atoms with Gasteiger partial charge in [-0.2, -0.15) is 0 Å². The maximum absolute atomic E-state index is 11.7. The van der Waals surface area contributed by atoms with E-state index in [2.05, 4.69) is 22.5 Å². The number of carbonyl (C=O) groups excluding carboxylic acids is 1. The number of pyridine rings is 1. The molecule has 122 valence electrons. The molecule has 0 spiro atoms. The monoisotopic (exact) mass is 305 g/mol. The van der Waals surface area contributed by atoms with Crippen molar-refractivity contribution < 1.29 is 9.53 Å². The third kappa shape index (κ3) is 5.20. The fraction of sp³-hybridized carbons (Fsp3) is 0.647. The van der Waals surface area contributed by atoms with Crippen LogP contribution < -0.4 is 10.6 Å². The van der Waals surface area contributed by atoms with Gasteiger partial charge in [0.15, 0.2) is 0 Å². The van der Waals surface area contributed by atoms with Gasteiger partial charge in [0.1, 0.15) is 11.4 Å². The predicted molar refractivity (Wildman–Crippen MR) is 89.1 cm³/mol. The molecule has 1 heterocycles. The van der Waals surface area contributed by atoms with E-state index in [1.54, 1.807) is 12.3 Å². The summed E-state index contributed by atoms with van der Waals surface area (Å²) in [6.07, 6.45) is 6.38. The Kier molecular flexibility index (Phi) is 5.27. The minimum atomic E-state index is -0.511. The van der Waals surface area contributed by atoms with Crippen molar-refractivity contribution in [3.63, 3.8) is 0 Å². The Morgan fingerprint density at radius 3 is 2.59 bits per heavy atom. The Bertz CT molecular complexity index is 494. The first-order valence-electron chi connectivity index (χ1n) is 8.06. The molecular weight excluding hydrogens is 278 g/mol. The molecule has 0 bridgehead atoms.